The predicted octanol–water partition coefficient (Wildman–Crippen LogP) is -0.277. The van der Waals surface area contributed by atoms with Gasteiger partial charge in [0.05, 0.1) is 42.7 Å². The predicted molar refractivity (Wildman–Crippen MR) is 133 cm³/mol. The maximum atomic E-state index is 5.42. The second-order valence-corrected chi connectivity index (χ2v) is 7.16. The van der Waals surface area contributed by atoms with E-state index in [2.05, 4.69) is 24.3 Å². The number of rotatable bonds is 8. The van der Waals surface area contributed by atoms with Crippen molar-refractivity contribution in [2.45, 2.75) is 12.8 Å². The Labute approximate surface area is 247 Å². The van der Waals surface area contributed by atoms with Gasteiger partial charge in [-0.15, -0.1) is 24.3 Å². The summed E-state index contributed by atoms with van der Waals surface area (Å²) in [4.78, 5) is 0. The maximum Gasteiger partial charge on any atom is 4.00 e. The molecule has 0 amide bonds. The van der Waals surface area contributed by atoms with E-state index >= 15 is 0 Å². The molecule has 0 atom stereocenters. The molecule has 2 aliphatic carbocycles. The molecule has 0 aromatic heterocycles. The van der Waals surface area contributed by atoms with Crippen molar-refractivity contribution in [2.75, 3.05) is 42.7 Å². The van der Waals surface area contributed by atoms with Crippen LogP contribution in [0, 0.1) is 12.2 Å². The first-order valence-electron chi connectivity index (χ1n) is 10.8. The van der Waals surface area contributed by atoms with E-state index in [0.717, 1.165) is 35.1 Å². The minimum atomic E-state index is 0. The number of methoxy groups -OCH3 is 6. The summed E-state index contributed by atoms with van der Waals surface area (Å²) < 4.78 is 32.0. The molecule has 0 aliphatic heterocycles. The Hall–Kier alpha value is -2.51. The summed E-state index contributed by atoms with van der Waals surface area (Å²) >= 11 is 0. The normalized spacial score (nSPS) is 12.4. The van der Waals surface area contributed by atoms with Gasteiger partial charge in [-0.1, -0.05) is 24.0 Å². The monoisotopic (exact) mass is 580 g/mol. The minimum absolute atomic E-state index is 0. The van der Waals surface area contributed by atoms with Crippen LogP contribution in [0.1, 0.15) is 24.0 Å². The van der Waals surface area contributed by atoms with Gasteiger partial charge in [-0.2, -0.15) is 35.5 Å². The summed E-state index contributed by atoms with van der Waals surface area (Å²) in [6, 6.07) is 7.66. The third-order valence-corrected chi connectivity index (χ3v) is 5.38. The smallest absolute Gasteiger partial charge is 1.00 e. The molecule has 0 spiro atoms. The quantitative estimate of drug-likeness (QED) is 0.316. The summed E-state index contributed by atoms with van der Waals surface area (Å²) in [6.45, 7) is 0. The molecule has 0 saturated heterocycles. The van der Waals surface area contributed by atoms with Crippen LogP contribution < -0.4 is 53.2 Å². The van der Waals surface area contributed by atoms with Crippen molar-refractivity contribution in [3.63, 3.8) is 0 Å². The van der Waals surface area contributed by atoms with Crippen LogP contribution in [0.25, 0.3) is 11.1 Å². The Morgan fingerprint density at radius 1 is 0.514 bits per heavy atom. The molecule has 0 radical (unpaired) electrons. The average molecular weight is 581 g/mol. The van der Waals surface area contributed by atoms with Crippen molar-refractivity contribution < 1.29 is 75.0 Å². The van der Waals surface area contributed by atoms with Crippen molar-refractivity contribution in [1.29, 1.82) is 0 Å². The number of halogens is 2. The molecule has 37 heavy (non-hydrogen) atoms. The summed E-state index contributed by atoms with van der Waals surface area (Å²) in [5.74, 6) is 3.91. The first-order valence-corrected chi connectivity index (χ1v) is 10.8. The number of hydrogen-bond acceptors (Lipinski definition) is 6. The number of benzene rings is 2. The van der Waals surface area contributed by atoms with E-state index in [1.165, 1.54) is 0 Å². The van der Waals surface area contributed by atoms with E-state index in [1.807, 2.05) is 36.4 Å². The fraction of sp³-hybridized carbons (Fsp3) is 0.286. The molecule has 2 aromatic rings. The van der Waals surface area contributed by atoms with Gasteiger partial charge in [0.15, 0.2) is 23.0 Å². The fourth-order valence-electron chi connectivity index (χ4n) is 3.81. The molecule has 2 aliphatic rings. The fourth-order valence-corrected chi connectivity index (χ4v) is 3.81. The Bertz CT molecular complexity index is 1050. The number of allylic oxidation sites excluding steroid dienone is 8. The van der Waals surface area contributed by atoms with Crippen LogP contribution >= 0.6 is 0 Å². The van der Waals surface area contributed by atoms with Gasteiger partial charge in [0.25, 0.3) is 0 Å². The SMILES string of the molecule is COc1ccc(C2=[C-]CC=C2)c(OC)c1OC.COc1ccc(C2=[C-]CC=C2)c(OC)c1OC.[Cl-].[Cl-].[Ti+4]. The zero-order valence-corrected chi connectivity index (χ0v) is 24.8. The number of ether oxygens (including phenoxy) is 6. The van der Waals surface area contributed by atoms with Crippen LogP contribution in [-0.4, -0.2) is 42.7 Å². The van der Waals surface area contributed by atoms with E-state index in [9.17, 15) is 0 Å². The zero-order valence-electron chi connectivity index (χ0n) is 21.7. The van der Waals surface area contributed by atoms with Crippen LogP contribution in [-0.2, 0) is 21.7 Å². The standard InChI is InChI=1S/2C14H15O3.2ClH.Ti/c2*1-15-12-9-8-11(10-6-4-5-7-10)13(16-2)14(12)17-3;;;/h2*4,6,8-9H,5H2,1-3H3;2*1H;/q2*-1;;;+4/p-2. The van der Waals surface area contributed by atoms with Gasteiger partial charge in [0.1, 0.15) is 11.5 Å². The van der Waals surface area contributed by atoms with Crippen molar-refractivity contribution in [1.82, 2.24) is 0 Å². The van der Waals surface area contributed by atoms with Crippen LogP contribution in [0.5, 0.6) is 34.5 Å². The molecule has 0 bridgehead atoms. The summed E-state index contributed by atoms with van der Waals surface area (Å²) in [5.41, 5.74) is 4.00. The van der Waals surface area contributed by atoms with Crippen LogP contribution in [0.4, 0.5) is 0 Å². The van der Waals surface area contributed by atoms with Gasteiger partial charge in [-0.3, -0.25) is 0 Å². The Morgan fingerprint density at radius 2 is 0.865 bits per heavy atom. The third-order valence-electron chi connectivity index (χ3n) is 5.38. The van der Waals surface area contributed by atoms with Crippen LogP contribution in [0.3, 0.4) is 0 Å². The Morgan fingerprint density at radius 3 is 1.11 bits per heavy atom. The van der Waals surface area contributed by atoms with E-state index in [1.54, 1.807) is 42.7 Å². The van der Waals surface area contributed by atoms with Crippen LogP contribution in [0.2, 0.25) is 0 Å². The maximum absolute atomic E-state index is 5.42. The van der Waals surface area contributed by atoms with E-state index in [0.29, 0.717) is 34.5 Å². The average Bonchev–Trinajstić information content (AvgIpc) is 3.61. The largest absolute Gasteiger partial charge is 4.00 e. The molecule has 9 heteroatoms. The van der Waals surface area contributed by atoms with Gasteiger partial charge < -0.3 is 53.2 Å². The molecule has 196 valence electrons. The van der Waals surface area contributed by atoms with Gasteiger partial charge in [0, 0.05) is 0 Å². The van der Waals surface area contributed by atoms with Gasteiger partial charge in [-0.05, 0) is 12.1 Å². The zero-order chi connectivity index (χ0) is 24.5. The molecule has 0 heterocycles. The Kier molecular flexibility index (Phi) is 15.9. The van der Waals surface area contributed by atoms with Crippen molar-refractivity contribution in [2.24, 2.45) is 0 Å². The van der Waals surface area contributed by atoms with Crippen molar-refractivity contribution in [3.05, 3.63) is 71.8 Å². The third kappa shape index (κ3) is 7.75. The van der Waals surface area contributed by atoms with E-state index in [4.69, 9.17) is 28.4 Å². The number of hydrogen-bond donors (Lipinski definition) is 0. The molecule has 4 rings (SSSR count). The van der Waals surface area contributed by atoms with E-state index in [-0.39, 0.29) is 46.5 Å². The van der Waals surface area contributed by atoms with Crippen molar-refractivity contribution >= 4 is 11.1 Å². The summed E-state index contributed by atoms with van der Waals surface area (Å²) in [7, 11) is 9.68. The topological polar surface area (TPSA) is 55.4 Å². The molecule has 0 saturated carbocycles. The molecular weight excluding hydrogens is 551 g/mol. The van der Waals surface area contributed by atoms with Crippen LogP contribution in [0.15, 0.2) is 48.6 Å². The Balaban J connectivity index is 0.000000648. The van der Waals surface area contributed by atoms with Gasteiger partial charge in [0.2, 0.25) is 0 Å². The second-order valence-electron chi connectivity index (χ2n) is 7.16. The van der Waals surface area contributed by atoms with Crippen molar-refractivity contribution in [3.8, 4) is 34.5 Å². The van der Waals surface area contributed by atoms with Gasteiger partial charge >= 0.3 is 21.7 Å². The molecule has 0 N–H and O–H groups in total. The molecule has 0 unspecified atom stereocenters. The first-order chi connectivity index (χ1) is 16.6. The minimum Gasteiger partial charge on any atom is -1.00 e. The molecule has 6 nitrogen and oxygen atoms in total. The van der Waals surface area contributed by atoms with E-state index < -0.39 is 0 Å². The molecular formula is C28H30Cl2O6Ti. The second kappa shape index (κ2) is 17.1. The summed E-state index contributed by atoms with van der Waals surface area (Å²) in [6.07, 6.45) is 16.4. The summed E-state index contributed by atoms with van der Waals surface area (Å²) in [5, 5.41) is 0. The first kappa shape index (κ1) is 34.5. The molecule has 2 aromatic carbocycles. The van der Waals surface area contributed by atoms with Gasteiger partial charge in [-0.25, -0.2) is 0 Å². The molecule has 0 fully saturated rings.